The minimum Gasteiger partial charge on any atom is -0.462 e. The lowest BCUT2D eigenvalue weighted by molar-refractivity contribution is 0.0527. The van der Waals surface area contributed by atoms with Gasteiger partial charge in [0.05, 0.1) is 25.5 Å². The number of hydrogen-bond donors (Lipinski definition) is 2. The number of likely N-dealkylation sites (N-methyl/N-ethyl adjacent to an activating group) is 1. The van der Waals surface area contributed by atoms with Crippen LogP contribution in [0, 0.1) is 0 Å². The van der Waals surface area contributed by atoms with Crippen molar-refractivity contribution in [2.24, 2.45) is 0 Å². The minimum absolute atomic E-state index is 0.0851. The van der Waals surface area contributed by atoms with E-state index in [4.69, 9.17) is 4.74 Å². The normalized spacial score (nSPS) is 15.8. The monoisotopic (exact) mass is 401 g/mol. The Morgan fingerprint density at radius 3 is 2.55 bits per heavy atom. The molecule has 2 N–H and O–H groups in total. The zero-order valence-electron chi connectivity index (χ0n) is 16.7. The van der Waals surface area contributed by atoms with Crippen LogP contribution in [0.3, 0.4) is 0 Å². The van der Waals surface area contributed by atoms with Gasteiger partial charge in [0.2, 0.25) is 0 Å². The number of carbonyl (C=O) groups excluding carboxylic acids is 2. The zero-order chi connectivity index (χ0) is 20.8. The third-order valence-corrected chi connectivity index (χ3v) is 4.88. The molecule has 1 atom stereocenters. The molecule has 29 heavy (non-hydrogen) atoms. The van der Waals surface area contributed by atoms with E-state index in [1.807, 2.05) is 37.4 Å². The number of rotatable bonds is 6. The van der Waals surface area contributed by atoms with Crippen LogP contribution in [0.2, 0.25) is 0 Å². The molecule has 1 aliphatic heterocycles. The van der Waals surface area contributed by atoms with Crippen molar-refractivity contribution in [3.8, 4) is 0 Å². The van der Waals surface area contributed by atoms with Crippen LogP contribution in [-0.4, -0.2) is 76.5 Å². The molecule has 2 heterocycles. The Morgan fingerprint density at radius 1 is 1.21 bits per heavy atom. The van der Waals surface area contributed by atoms with Gasteiger partial charge in [-0.05, 0) is 19.5 Å². The second-order valence-corrected chi connectivity index (χ2v) is 6.96. The van der Waals surface area contributed by atoms with Crippen molar-refractivity contribution in [1.29, 1.82) is 0 Å². The second kappa shape index (κ2) is 9.53. The third kappa shape index (κ3) is 5.12. The van der Waals surface area contributed by atoms with E-state index in [9.17, 15) is 14.7 Å². The summed E-state index contributed by atoms with van der Waals surface area (Å²) in [4.78, 5) is 28.9. The van der Waals surface area contributed by atoms with Gasteiger partial charge >= 0.3 is 12.0 Å². The van der Waals surface area contributed by atoms with Crippen LogP contribution < -0.4 is 5.32 Å². The molecule has 0 saturated carbocycles. The topological polar surface area (TPSA) is 99.9 Å². The van der Waals surface area contributed by atoms with Crippen molar-refractivity contribution in [2.45, 2.75) is 19.6 Å². The van der Waals surface area contributed by atoms with Gasteiger partial charge in [-0.2, -0.15) is 5.10 Å². The number of hydrogen-bond acceptors (Lipinski definition) is 6. The van der Waals surface area contributed by atoms with Crippen molar-refractivity contribution in [3.63, 3.8) is 0 Å². The fraction of sp³-hybridized carbons (Fsp3) is 0.450. The van der Waals surface area contributed by atoms with Crippen LogP contribution >= 0.6 is 0 Å². The third-order valence-electron chi connectivity index (χ3n) is 4.88. The molecule has 1 aliphatic rings. The van der Waals surface area contributed by atoms with Gasteiger partial charge in [-0.1, -0.05) is 30.3 Å². The average molecular weight is 401 g/mol. The summed E-state index contributed by atoms with van der Waals surface area (Å²) in [6.07, 6.45) is 0.514. The summed E-state index contributed by atoms with van der Waals surface area (Å²) in [5.41, 5.74) is 0.881. The Hall–Kier alpha value is -2.91. The summed E-state index contributed by atoms with van der Waals surface area (Å²) in [7, 11) is 2.01. The van der Waals surface area contributed by atoms with E-state index < -0.39 is 12.1 Å². The van der Waals surface area contributed by atoms with E-state index >= 15 is 0 Å². The Bertz CT molecular complexity index is 831. The Balaban J connectivity index is 1.81. The van der Waals surface area contributed by atoms with Gasteiger partial charge < -0.3 is 19.6 Å². The molecule has 2 aromatic rings. The molecule has 1 aromatic carbocycles. The highest BCUT2D eigenvalue weighted by atomic mass is 16.5. The fourth-order valence-corrected chi connectivity index (χ4v) is 3.15. The smallest absolute Gasteiger partial charge is 0.343 e. The number of nitrogens with one attached hydrogen (secondary N) is 1. The molecule has 1 fully saturated rings. The van der Waals surface area contributed by atoms with Crippen molar-refractivity contribution >= 4 is 17.8 Å². The molecular formula is C20H27N5O4. The summed E-state index contributed by atoms with van der Waals surface area (Å²) in [6.45, 7) is 4.76. The highest BCUT2D eigenvalue weighted by Gasteiger charge is 2.25. The lowest BCUT2D eigenvalue weighted by Gasteiger charge is -2.32. The van der Waals surface area contributed by atoms with Gasteiger partial charge in [0, 0.05) is 26.2 Å². The number of nitrogens with zero attached hydrogens (tertiary/aromatic N) is 4. The molecule has 2 amide bonds. The van der Waals surface area contributed by atoms with E-state index in [2.05, 4.69) is 15.3 Å². The molecular weight excluding hydrogens is 374 g/mol. The highest BCUT2D eigenvalue weighted by molar-refractivity contribution is 5.99. The van der Waals surface area contributed by atoms with Gasteiger partial charge in [-0.15, -0.1) is 0 Å². The molecule has 1 aromatic heterocycles. The minimum atomic E-state index is -0.842. The molecule has 9 heteroatoms. The van der Waals surface area contributed by atoms with E-state index in [0.29, 0.717) is 13.1 Å². The lowest BCUT2D eigenvalue weighted by atomic mass is 10.1. The Labute approximate surface area is 169 Å². The number of aromatic nitrogens is 2. The standard InChI is InChI=1S/C20H27N5O4/c1-3-29-19(27)16-13-21-25(14-17(26)15-7-5-4-6-8-15)18(16)22-20(28)24-11-9-23(2)10-12-24/h4-8,13,17,26H,3,9-12,14H2,1-2H3,(H,22,28). The average Bonchev–Trinajstić information content (AvgIpc) is 3.11. The van der Waals surface area contributed by atoms with E-state index in [-0.39, 0.29) is 30.6 Å². The first-order chi connectivity index (χ1) is 14.0. The molecule has 3 rings (SSSR count). The molecule has 0 radical (unpaired) electrons. The maximum absolute atomic E-state index is 12.8. The van der Waals surface area contributed by atoms with Crippen molar-refractivity contribution in [2.75, 3.05) is 45.2 Å². The van der Waals surface area contributed by atoms with E-state index in [0.717, 1.165) is 18.7 Å². The summed E-state index contributed by atoms with van der Waals surface area (Å²) in [6, 6.07) is 8.85. The van der Waals surface area contributed by atoms with Gasteiger partial charge in [0.25, 0.3) is 0 Å². The first kappa shape index (κ1) is 20.8. The van der Waals surface area contributed by atoms with Crippen molar-refractivity contribution in [1.82, 2.24) is 19.6 Å². The van der Waals surface area contributed by atoms with E-state index in [1.54, 1.807) is 11.8 Å². The van der Waals surface area contributed by atoms with Gasteiger partial charge in [0.15, 0.2) is 0 Å². The predicted octanol–water partition coefficient (Wildman–Crippen LogP) is 1.57. The maximum Gasteiger partial charge on any atom is 0.343 e. The van der Waals surface area contributed by atoms with Crippen LogP contribution in [0.15, 0.2) is 36.5 Å². The lowest BCUT2D eigenvalue weighted by Crippen LogP contribution is -2.48. The summed E-state index contributed by atoms with van der Waals surface area (Å²) in [5, 5.41) is 17.6. The SMILES string of the molecule is CCOC(=O)c1cnn(CC(O)c2ccccc2)c1NC(=O)N1CCN(C)CC1. The first-order valence-corrected chi connectivity index (χ1v) is 9.70. The Morgan fingerprint density at radius 2 is 1.90 bits per heavy atom. The number of benzene rings is 1. The molecule has 0 spiro atoms. The number of amides is 2. The molecule has 1 unspecified atom stereocenters. The van der Waals surface area contributed by atoms with Gasteiger partial charge in [-0.3, -0.25) is 5.32 Å². The molecule has 156 valence electrons. The Kier molecular flexibility index (Phi) is 6.84. The number of esters is 1. The van der Waals surface area contributed by atoms with Crippen LogP contribution in [0.1, 0.15) is 28.9 Å². The maximum atomic E-state index is 12.8. The van der Waals surface area contributed by atoms with Crippen molar-refractivity contribution < 1.29 is 19.4 Å². The molecule has 9 nitrogen and oxygen atoms in total. The van der Waals surface area contributed by atoms with Gasteiger partial charge in [-0.25, -0.2) is 14.3 Å². The fourth-order valence-electron chi connectivity index (χ4n) is 3.15. The van der Waals surface area contributed by atoms with Crippen LogP contribution in [0.25, 0.3) is 0 Å². The van der Waals surface area contributed by atoms with Crippen molar-refractivity contribution in [3.05, 3.63) is 47.7 Å². The molecule has 0 aliphatic carbocycles. The van der Waals surface area contributed by atoms with E-state index in [1.165, 1.54) is 10.9 Å². The quantitative estimate of drug-likeness (QED) is 0.713. The summed E-state index contributed by atoms with van der Waals surface area (Å²) < 4.78 is 6.51. The zero-order valence-corrected chi connectivity index (χ0v) is 16.7. The summed E-state index contributed by atoms with van der Waals surface area (Å²) >= 11 is 0. The van der Waals surface area contributed by atoms with Crippen LogP contribution in [-0.2, 0) is 11.3 Å². The first-order valence-electron chi connectivity index (χ1n) is 9.70. The number of carbonyl (C=O) groups is 2. The number of anilines is 1. The van der Waals surface area contributed by atoms with Crippen LogP contribution in [0.4, 0.5) is 10.6 Å². The number of urea groups is 1. The number of aliphatic hydroxyl groups excluding tert-OH is 1. The number of aliphatic hydroxyl groups is 1. The second-order valence-electron chi connectivity index (χ2n) is 6.96. The number of ether oxygens (including phenoxy) is 1. The predicted molar refractivity (Wildman–Crippen MR) is 108 cm³/mol. The summed E-state index contributed by atoms with van der Waals surface area (Å²) in [5.74, 6) is -0.344. The number of piperazine rings is 1. The molecule has 0 bridgehead atoms. The van der Waals surface area contributed by atoms with Crippen LogP contribution in [0.5, 0.6) is 0 Å². The molecule has 1 saturated heterocycles. The van der Waals surface area contributed by atoms with Gasteiger partial charge in [0.1, 0.15) is 11.4 Å². The highest BCUT2D eigenvalue weighted by Crippen LogP contribution is 2.22. The largest absolute Gasteiger partial charge is 0.462 e.